The third-order valence-corrected chi connectivity index (χ3v) is 4.39. The molecule has 1 radical (unpaired) electrons. The van der Waals surface area contributed by atoms with Gasteiger partial charge in [0.25, 0.3) is 0 Å². The monoisotopic (exact) mass is 286 g/mol. The van der Waals surface area contributed by atoms with E-state index in [2.05, 4.69) is 0 Å². The van der Waals surface area contributed by atoms with Crippen LogP contribution in [0, 0.1) is 0 Å². The van der Waals surface area contributed by atoms with Gasteiger partial charge in [0.2, 0.25) is 0 Å². The van der Waals surface area contributed by atoms with Crippen molar-refractivity contribution < 1.29 is 25.0 Å². The summed E-state index contributed by atoms with van der Waals surface area (Å²) in [5, 5.41) is 30.9. The van der Waals surface area contributed by atoms with Gasteiger partial charge in [0.05, 0.1) is 0 Å². The van der Waals surface area contributed by atoms with E-state index in [4.69, 9.17) is 10.2 Å². The van der Waals surface area contributed by atoms with Crippen LogP contribution in [-0.2, 0) is 14.8 Å². The lowest BCUT2D eigenvalue weighted by molar-refractivity contribution is -0.256. The van der Waals surface area contributed by atoms with Crippen LogP contribution in [0.2, 0.25) is 0 Å². The normalized spacial score (nSPS) is 30.6. The maximum Gasteiger partial charge on any atom is 0.303 e. The second-order valence-corrected chi connectivity index (χ2v) is 6.28. The largest absolute Gasteiger partial charge is 0.481 e. The number of aliphatic carboxylic acids is 2. The molecule has 6 nitrogen and oxygen atoms in total. The van der Waals surface area contributed by atoms with E-state index in [1.807, 2.05) is 13.8 Å². The molecule has 0 saturated carbocycles. The molecule has 1 saturated heterocycles. The van der Waals surface area contributed by atoms with Gasteiger partial charge in [-0.25, -0.2) is 0 Å². The molecule has 1 aliphatic heterocycles. The zero-order valence-electron chi connectivity index (χ0n) is 12.2. The number of nitrogens with zero attached hydrogens (tertiary/aromatic N) is 1. The predicted octanol–water partition coefficient (Wildman–Crippen LogP) is 2.45. The Morgan fingerprint density at radius 3 is 1.60 bits per heavy atom. The van der Waals surface area contributed by atoms with Crippen molar-refractivity contribution in [2.24, 2.45) is 0 Å². The lowest BCUT2D eigenvalue weighted by Gasteiger charge is -2.37. The highest BCUT2D eigenvalue weighted by Crippen LogP contribution is 2.44. The molecule has 1 heterocycles. The molecule has 1 aliphatic rings. The van der Waals surface area contributed by atoms with Crippen LogP contribution < -0.4 is 0 Å². The van der Waals surface area contributed by atoms with E-state index in [1.54, 1.807) is 0 Å². The van der Waals surface area contributed by atoms with Crippen molar-refractivity contribution in [2.45, 2.75) is 76.3 Å². The van der Waals surface area contributed by atoms with Gasteiger partial charge in [0, 0.05) is 23.9 Å². The van der Waals surface area contributed by atoms with Crippen molar-refractivity contribution >= 4 is 11.9 Å². The predicted molar refractivity (Wildman–Crippen MR) is 71.5 cm³/mol. The molecule has 0 aromatic carbocycles. The molecule has 6 heteroatoms. The van der Waals surface area contributed by atoms with E-state index >= 15 is 0 Å². The van der Waals surface area contributed by atoms with E-state index < -0.39 is 23.0 Å². The van der Waals surface area contributed by atoms with E-state index in [1.165, 1.54) is 0 Å². The molecule has 0 bridgehead atoms. The average molecular weight is 286 g/mol. The molecule has 115 valence electrons. The molecule has 2 N–H and O–H groups in total. The van der Waals surface area contributed by atoms with Crippen LogP contribution in [0.5, 0.6) is 0 Å². The summed E-state index contributed by atoms with van der Waals surface area (Å²) in [6.45, 7) is 3.76. The zero-order valence-corrected chi connectivity index (χ0v) is 12.2. The summed E-state index contributed by atoms with van der Waals surface area (Å²) in [6, 6.07) is 0. The smallest absolute Gasteiger partial charge is 0.303 e. The average Bonchev–Trinajstić information content (AvgIpc) is 2.54. The van der Waals surface area contributed by atoms with Crippen LogP contribution in [0.15, 0.2) is 0 Å². The Bertz CT molecular complexity index is 339. The van der Waals surface area contributed by atoms with Crippen molar-refractivity contribution in [1.29, 1.82) is 0 Å². The summed E-state index contributed by atoms with van der Waals surface area (Å²) in [4.78, 5) is 21.1. The van der Waals surface area contributed by atoms with Crippen molar-refractivity contribution in [2.75, 3.05) is 0 Å². The summed E-state index contributed by atoms with van der Waals surface area (Å²) in [7, 11) is 0. The Morgan fingerprint density at radius 2 is 1.30 bits per heavy atom. The molecule has 20 heavy (non-hydrogen) atoms. The number of carbonyl (C=O) groups is 2. The molecular weight excluding hydrogens is 262 g/mol. The minimum Gasteiger partial charge on any atom is -0.481 e. The van der Waals surface area contributed by atoms with E-state index in [9.17, 15) is 14.8 Å². The Morgan fingerprint density at radius 1 is 0.950 bits per heavy atom. The Hall–Kier alpha value is -1.14. The lowest BCUT2D eigenvalue weighted by atomic mass is 9.91. The van der Waals surface area contributed by atoms with E-state index in [0.717, 1.165) is 17.9 Å². The van der Waals surface area contributed by atoms with Crippen LogP contribution in [-0.4, -0.2) is 38.3 Å². The third kappa shape index (κ3) is 4.18. The molecule has 0 aromatic heterocycles. The van der Waals surface area contributed by atoms with Gasteiger partial charge >= 0.3 is 11.9 Å². The topological polar surface area (TPSA) is 97.7 Å². The van der Waals surface area contributed by atoms with Crippen molar-refractivity contribution in [1.82, 2.24) is 5.06 Å². The van der Waals surface area contributed by atoms with Gasteiger partial charge in [0.15, 0.2) is 0 Å². The number of rotatable bonds is 8. The minimum atomic E-state index is -0.840. The fourth-order valence-corrected chi connectivity index (χ4v) is 3.09. The molecule has 2 atom stereocenters. The number of carboxylic acids is 2. The van der Waals surface area contributed by atoms with Crippen LogP contribution in [0.3, 0.4) is 0 Å². The molecule has 1 rings (SSSR count). The van der Waals surface area contributed by atoms with Gasteiger partial charge < -0.3 is 10.2 Å². The Kier molecular flexibility index (Phi) is 5.53. The van der Waals surface area contributed by atoms with Crippen LogP contribution >= 0.6 is 0 Å². The minimum absolute atomic E-state index is 0.0825. The summed E-state index contributed by atoms with van der Waals surface area (Å²) in [5.41, 5.74) is -1.04. The second-order valence-electron chi connectivity index (χ2n) is 6.28. The first-order valence-electron chi connectivity index (χ1n) is 7.11. The molecule has 0 amide bonds. The lowest BCUT2D eigenvalue weighted by Crippen LogP contribution is -2.48. The number of carboxylic acid groups (broad SMARTS) is 2. The van der Waals surface area contributed by atoms with Crippen molar-refractivity contribution in [3.8, 4) is 0 Å². The van der Waals surface area contributed by atoms with Crippen LogP contribution in [0.1, 0.15) is 65.2 Å². The Balaban J connectivity index is 2.53. The fourth-order valence-electron chi connectivity index (χ4n) is 3.09. The standard InChI is InChI=1S/C14H24NO5/c1-13(7-3-5-11(16)17)9-10-14(2,15(13)20)8-4-6-12(18)19/h3-10H2,1-2H3,(H,16,17)(H,18,19). The molecule has 1 fully saturated rings. The molecule has 0 spiro atoms. The van der Waals surface area contributed by atoms with Crippen molar-refractivity contribution in [3.63, 3.8) is 0 Å². The van der Waals surface area contributed by atoms with E-state index in [-0.39, 0.29) is 12.8 Å². The highest BCUT2D eigenvalue weighted by molar-refractivity contribution is 5.66. The van der Waals surface area contributed by atoms with Gasteiger partial charge in [-0.05, 0) is 52.4 Å². The second kappa shape index (κ2) is 6.54. The zero-order chi connectivity index (χ0) is 15.4. The number of hydroxylamine groups is 2. The quantitative estimate of drug-likeness (QED) is 0.714. The van der Waals surface area contributed by atoms with Gasteiger partial charge in [-0.15, -0.1) is 10.3 Å². The fraction of sp³-hybridized carbons (Fsp3) is 0.857. The molecule has 2 unspecified atom stereocenters. The first-order chi connectivity index (χ1) is 9.19. The van der Waals surface area contributed by atoms with Gasteiger partial charge in [0.1, 0.15) is 0 Å². The summed E-state index contributed by atoms with van der Waals surface area (Å²) in [5.74, 6) is -1.68. The summed E-state index contributed by atoms with van der Waals surface area (Å²) < 4.78 is 0. The Labute approximate surface area is 119 Å². The maximum atomic E-state index is 12.5. The van der Waals surface area contributed by atoms with Gasteiger partial charge in [-0.2, -0.15) is 0 Å². The summed E-state index contributed by atoms with van der Waals surface area (Å²) in [6.07, 6.45) is 3.76. The molecule has 0 aromatic rings. The summed E-state index contributed by atoms with van der Waals surface area (Å²) >= 11 is 0. The van der Waals surface area contributed by atoms with Crippen molar-refractivity contribution in [3.05, 3.63) is 0 Å². The van der Waals surface area contributed by atoms with Gasteiger partial charge in [-0.3, -0.25) is 9.59 Å². The SMILES string of the molecule is CC1(CCCC(=O)O)CCC(C)(CCCC(=O)O)N1[O]. The first-order valence-corrected chi connectivity index (χ1v) is 7.11. The third-order valence-electron chi connectivity index (χ3n) is 4.39. The highest BCUT2D eigenvalue weighted by Gasteiger charge is 2.50. The first kappa shape index (κ1) is 16.9. The van der Waals surface area contributed by atoms with Crippen LogP contribution in [0.25, 0.3) is 0 Å². The van der Waals surface area contributed by atoms with Gasteiger partial charge in [-0.1, -0.05) is 0 Å². The maximum absolute atomic E-state index is 12.5. The number of hydrogen-bond donors (Lipinski definition) is 2. The number of hydrogen-bond acceptors (Lipinski definition) is 3. The van der Waals surface area contributed by atoms with E-state index in [0.29, 0.717) is 25.7 Å². The molecular formula is C14H24NO5. The molecule has 0 aliphatic carbocycles. The van der Waals surface area contributed by atoms with Crippen LogP contribution in [0.4, 0.5) is 0 Å². The highest BCUT2D eigenvalue weighted by atomic mass is 16.5.